The van der Waals surface area contributed by atoms with Gasteiger partial charge in [0, 0.05) is 6.20 Å². The summed E-state index contributed by atoms with van der Waals surface area (Å²) >= 11 is 0. The highest BCUT2D eigenvalue weighted by molar-refractivity contribution is 5.39. The number of aromatic nitrogens is 1. The van der Waals surface area contributed by atoms with Crippen LogP contribution in [-0.4, -0.2) is 4.98 Å². The lowest BCUT2D eigenvalue weighted by Gasteiger charge is -2.21. The molecule has 0 saturated carbocycles. The number of hydrogen-bond acceptors (Lipinski definition) is 2. The van der Waals surface area contributed by atoms with Gasteiger partial charge in [0.25, 0.3) is 0 Å². The molecule has 1 heterocycles. The van der Waals surface area contributed by atoms with Crippen molar-refractivity contribution in [1.82, 2.24) is 4.98 Å². The van der Waals surface area contributed by atoms with Gasteiger partial charge in [-0.05, 0) is 29.5 Å². The van der Waals surface area contributed by atoms with E-state index in [0.717, 1.165) is 0 Å². The molecule has 66 valence electrons. The van der Waals surface area contributed by atoms with Crippen molar-refractivity contribution in [3.8, 4) is 0 Å². The molecular weight excluding hydrogens is 148 g/mol. The van der Waals surface area contributed by atoms with Crippen molar-refractivity contribution in [2.45, 2.75) is 33.1 Å². The number of nitrogens with two attached hydrogens (primary N) is 1. The van der Waals surface area contributed by atoms with Gasteiger partial charge >= 0.3 is 0 Å². The SMILES string of the molecule is Cc1cnc(N)cc1C(C)(C)C. The van der Waals surface area contributed by atoms with Gasteiger partial charge in [-0.3, -0.25) is 0 Å². The van der Waals surface area contributed by atoms with E-state index >= 15 is 0 Å². The molecule has 0 aromatic carbocycles. The van der Waals surface area contributed by atoms with Crippen LogP contribution < -0.4 is 5.73 Å². The fourth-order valence-corrected chi connectivity index (χ4v) is 1.35. The molecule has 0 amide bonds. The summed E-state index contributed by atoms with van der Waals surface area (Å²) in [5.41, 5.74) is 8.25. The maximum Gasteiger partial charge on any atom is 0.123 e. The van der Waals surface area contributed by atoms with Gasteiger partial charge in [0.1, 0.15) is 5.82 Å². The van der Waals surface area contributed by atoms with Crippen LogP contribution in [0.3, 0.4) is 0 Å². The van der Waals surface area contributed by atoms with Gasteiger partial charge in [0.2, 0.25) is 0 Å². The molecule has 12 heavy (non-hydrogen) atoms. The summed E-state index contributed by atoms with van der Waals surface area (Å²) in [6.07, 6.45) is 1.83. The zero-order valence-electron chi connectivity index (χ0n) is 8.18. The van der Waals surface area contributed by atoms with E-state index in [1.54, 1.807) is 0 Å². The lowest BCUT2D eigenvalue weighted by Crippen LogP contribution is -2.13. The summed E-state index contributed by atoms with van der Waals surface area (Å²) < 4.78 is 0. The Morgan fingerprint density at radius 2 is 1.92 bits per heavy atom. The smallest absolute Gasteiger partial charge is 0.123 e. The highest BCUT2D eigenvalue weighted by atomic mass is 14.8. The molecule has 0 aliphatic carbocycles. The Bertz CT molecular complexity index is 284. The van der Waals surface area contributed by atoms with Gasteiger partial charge in [-0.1, -0.05) is 20.8 Å². The molecule has 0 unspecified atom stereocenters. The Hall–Kier alpha value is -1.05. The average Bonchev–Trinajstić information content (AvgIpc) is 1.92. The average molecular weight is 164 g/mol. The van der Waals surface area contributed by atoms with Crippen LogP contribution >= 0.6 is 0 Å². The van der Waals surface area contributed by atoms with Gasteiger partial charge in [0.05, 0.1) is 0 Å². The summed E-state index contributed by atoms with van der Waals surface area (Å²) in [5.74, 6) is 0.602. The van der Waals surface area contributed by atoms with Crippen LogP contribution in [0.5, 0.6) is 0 Å². The number of nitrogen functional groups attached to an aromatic ring is 1. The van der Waals surface area contributed by atoms with E-state index in [-0.39, 0.29) is 5.41 Å². The van der Waals surface area contributed by atoms with Crippen LogP contribution in [0.25, 0.3) is 0 Å². The standard InChI is InChI=1S/C10H16N2/c1-7-6-12-9(11)5-8(7)10(2,3)4/h5-6H,1-4H3,(H2,11,12). The molecule has 0 bridgehead atoms. The van der Waals surface area contributed by atoms with Crippen LogP contribution in [0.4, 0.5) is 5.82 Å². The van der Waals surface area contributed by atoms with Gasteiger partial charge < -0.3 is 5.73 Å². The third-order valence-electron chi connectivity index (χ3n) is 1.93. The number of aryl methyl sites for hydroxylation is 1. The largest absolute Gasteiger partial charge is 0.384 e. The van der Waals surface area contributed by atoms with E-state index < -0.39 is 0 Å². The number of anilines is 1. The molecule has 1 aromatic heterocycles. The highest BCUT2D eigenvalue weighted by Gasteiger charge is 2.16. The van der Waals surface area contributed by atoms with Crippen LogP contribution in [0.15, 0.2) is 12.3 Å². The summed E-state index contributed by atoms with van der Waals surface area (Å²) in [6, 6.07) is 1.95. The van der Waals surface area contributed by atoms with Gasteiger partial charge in [0.15, 0.2) is 0 Å². The molecule has 0 fully saturated rings. The van der Waals surface area contributed by atoms with Crippen LogP contribution in [-0.2, 0) is 5.41 Å². The molecule has 0 saturated heterocycles. The van der Waals surface area contributed by atoms with Crippen molar-refractivity contribution in [2.24, 2.45) is 0 Å². The lowest BCUT2D eigenvalue weighted by atomic mass is 9.85. The van der Waals surface area contributed by atoms with Crippen molar-refractivity contribution >= 4 is 5.82 Å². The van der Waals surface area contributed by atoms with Crippen molar-refractivity contribution in [3.63, 3.8) is 0 Å². The first-order valence-electron chi connectivity index (χ1n) is 4.14. The fourth-order valence-electron chi connectivity index (χ4n) is 1.35. The van der Waals surface area contributed by atoms with Crippen molar-refractivity contribution < 1.29 is 0 Å². The Morgan fingerprint density at radius 1 is 1.33 bits per heavy atom. The van der Waals surface area contributed by atoms with Crippen molar-refractivity contribution in [2.75, 3.05) is 5.73 Å². The number of nitrogens with zero attached hydrogens (tertiary/aromatic N) is 1. The number of rotatable bonds is 0. The topological polar surface area (TPSA) is 38.9 Å². The van der Waals surface area contributed by atoms with E-state index in [2.05, 4.69) is 32.7 Å². The molecule has 0 aliphatic heterocycles. The van der Waals surface area contributed by atoms with E-state index in [1.165, 1.54) is 11.1 Å². The minimum atomic E-state index is 0.154. The van der Waals surface area contributed by atoms with Crippen LogP contribution in [0, 0.1) is 6.92 Å². The van der Waals surface area contributed by atoms with Gasteiger partial charge in [-0.2, -0.15) is 0 Å². The van der Waals surface area contributed by atoms with E-state index in [4.69, 9.17) is 5.73 Å². The molecule has 2 nitrogen and oxygen atoms in total. The van der Waals surface area contributed by atoms with E-state index in [9.17, 15) is 0 Å². The molecule has 0 spiro atoms. The van der Waals surface area contributed by atoms with Gasteiger partial charge in [-0.25, -0.2) is 4.98 Å². The van der Waals surface area contributed by atoms with Crippen molar-refractivity contribution in [3.05, 3.63) is 23.4 Å². The third-order valence-corrected chi connectivity index (χ3v) is 1.93. The quantitative estimate of drug-likeness (QED) is 0.638. The van der Waals surface area contributed by atoms with E-state index in [0.29, 0.717) is 5.82 Å². The Morgan fingerprint density at radius 3 is 2.33 bits per heavy atom. The van der Waals surface area contributed by atoms with Gasteiger partial charge in [-0.15, -0.1) is 0 Å². The molecule has 0 atom stereocenters. The first-order chi connectivity index (χ1) is 5.41. The highest BCUT2D eigenvalue weighted by Crippen LogP contribution is 2.25. The minimum Gasteiger partial charge on any atom is -0.384 e. The summed E-state index contributed by atoms with van der Waals surface area (Å²) in [7, 11) is 0. The summed E-state index contributed by atoms with van der Waals surface area (Å²) in [4.78, 5) is 4.03. The predicted molar refractivity (Wildman–Crippen MR) is 52.1 cm³/mol. The Balaban J connectivity index is 3.23. The number of pyridine rings is 1. The Labute approximate surface area is 73.8 Å². The molecule has 2 N–H and O–H groups in total. The first-order valence-corrected chi connectivity index (χ1v) is 4.14. The maximum atomic E-state index is 5.61. The lowest BCUT2D eigenvalue weighted by molar-refractivity contribution is 0.585. The minimum absolute atomic E-state index is 0.154. The monoisotopic (exact) mass is 164 g/mol. The Kier molecular flexibility index (Phi) is 2.09. The molecule has 2 heteroatoms. The predicted octanol–water partition coefficient (Wildman–Crippen LogP) is 2.27. The normalized spacial score (nSPS) is 11.7. The second-order valence-corrected chi connectivity index (χ2v) is 4.17. The maximum absolute atomic E-state index is 5.61. The first kappa shape index (κ1) is 9.04. The second kappa shape index (κ2) is 2.77. The second-order valence-electron chi connectivity index (χ2n) is 4.17. The number of hydrogen-bond donors (Lipinski definition) is 1. The fraction of sp³-hybridized carbons (Fsp3) is 0.500. The van der Waals surface area contributed by atoms with Crippen LogP contribution in [0.1, 0.15) is 31.9 Å². The van der Waals surface area contributed by atoms with Crippen LogP contribution in [0.2, 0.25) is 0 Å². The zero-order valence-corrected chi connectivity index (χ0v) is 8.18. The molecule has 1 aromatic rings. The summed E-state index contributed by atoms with van der Waals surface area (Å²) in [6.45, 7) is 8.59. The summed E-state index contributed by atoms with van der Waals surface area (Å²) in [5, 5.41) is 0. The zero-order chi connectivity index (χ0) is 9.35. The van der Waals surface area contributed by atoms with E-state index in [1.807, 2.05) is 12.3 Å². The molecule has 1 rings (SSSR count). The molecular formula is C10H16N2. The molecule has 0 radical (unpaired) electrons. The third kappa shape index (κ3) is 1.76. The van der Waals surface area contributed by atoms with Crippen molar-refractivity contribution in [1.29, 1.82) is 0 Å². The molecule has 0 aliphatic rings.